The zero-order chi connectivity index (χ0) is 21.3. The van der Waals surface area contributed by atoms with Gasteiger partial charge in [-0.25, -0.2) is 0 Å². The smallest absolute Gasteiger partial charge is 0.297 e. The molecule has 0 saturated heterocycles. The number of fused-ring (bicyclic) bond motifs is 1. The van der Waals surface area contributed by atoms with E-state index in [1.807, 2.05) is 48.5 Å². The van der Waals surface area contributed by atoms with Crippen molar-refractivity contribution in [3.8, 4) is 17.2 Å². The van der Waals surface area contributed by atoms with E-state index in [2.05, 4.69) is 13.8 Å². The summed E-state index contributed by atoms with van der Waals surface area (Å²) in [5, 5.41) is 0.866. The van der Waals surface area contributed by atoms with Gasteiger partial charge in [0, 0.05) is 18.0 Å². The summed E-state index contributed by atoms with van der Waals surface area (Å²) in [4.78, 5) is 13.2. The summed E-state index contributed by atoms with van der Waals surface area (Å²) in [5.41, 5.74) is 1.75. The van der Waals surface area contributed by atoms with E-state index in [-0.39, 0.29) is 11.3 Å². The van der Waals surface area contributed by atoms with Crippen LogP contribution in [0.3, 0.4) is 0 Å². The molecule has 2 aromatic carbocycles. The highest BCUT2D eigenvalue weighted by Gasteiger charge is 2.19. The molecule has 1 aromatic heterocycles. The maximum Gasteiger partial charge on any atom is 0.297 e. The molecule has 0 atom stereocenters. The molecule has 5 nitrogen and oxygen atoms in total. The number of benzene rings is 2. The van der Waals surface area contributed by atoms with Gasteiger partial charge in [-0.15, -0.1) is 0 Å². The molecule has 0 aliphatic rings. The molecule has 0 fully saturated rings. The summed E-state index contributed by atoms with van der Waals surface area (Å²) in [6.45, 7) is 5.87. The normalized spacial score (nSPS) is 10.9. The molecule has 0 bridgehead atoms. The van der Waals surface area contributed by atoms with Crippen molar-refractivity contribution in [2.75, 3.05) is 13.7 Å². The number of unbranched alkanes of at least 4 members (excludes halogenated alkanes) is 2. The maximum absolute atomic E-state index is 13.2. The first-order valence-corrected chi connectivity index (χ1v) is 10.7. The average molecular weight is 410 g/mol. The molecule has 0 spiro atoms. The van der Waals surface area contributed by atoms with Crippen LogP contribution in [0.15, 0.2) is 53.3 Å². The van der Waals surface area contributed by atoms with Crippen LogP contribution in [-0.4, -0.2) is 18.3 Å². The third kappa shape index (κ3) is 4.96. The Kier molecular flexibility index (Phi) is 7.77. The van der Waals surface area contributed by atoms with Crippen molar-refractivity contribution in [3.63, 3.8) is 0 Å². The summed E-state index contributed by atoms with van der Waals surface area (Å²) in [6.07, 6.45) is 3.84. The standard InChI is InChI=1S/C25H31NO4/c1-4-6-15-26-22-17-20(30-18-19-11-9-8-10-12-19)13-14-21(22)23(29-16-7-5-2)24(28-3)25(26)27/h8-14,17H,4-7,15-16,18H2,1-3H3. The van der Waals surface area contributed by atoms with E-state index in [4.69, 9.17) is 14.2 Å². The van der Waals surface area contributed by atoms with Crippen molar-refractivity contribution < 1.29 is 14.2 Å². The number of hydrogen-bond acceptors (Lipinski definition) is 4. The Balaban J connectivity index is 2.04. The fourth-order valence-corrected chi connectivity index (χ4v) is 3.39. The molecule has 0 saturated carbocycles. The Bertz CT molecular complexity index is 1010. The van der Waals surface area contributed by atoms with Crippen LogP contribution in [0.1, 0.15) is 45.1 Å². The van der Waals surface area contributed by atoms with Crippen LogP contribution in [0.5, 0.6) is 17.2 Å². The Morgan fingerprint density at radius 3 is 2.37 bits per heavy atom. The number of hydrogen-bond donors (Lipinski definition) is 0. The van der Waals surface area contributed by atoms with Crippen LogP contribution in [0.25, 0.3) is 10.9 Å². The van der Waals surface area contributed by atoms with Gasteiger partial charge in [0.15, 0.2) is 5.75 Å². The van der Waals surface area contributed by atoms with Crippen LogP contribution in [-0.2, 0) is 13.2 Å². The van der Waals surface area contributed by atoms with E-state index in [0.717, 1.165) is 47.9 Å². The van der Waals surface area contributed by atoms with Gasteiger partial charge < -0.3 is 18.8 Å². The van der Waals surface area contributed by atoms with Crippen molar-refractivity contribution in [2.24, 2.45) is 0 Å². The van der Waals surface area contributed by atoms with Gasteiger partial charge in [0.05, 0.1) is 19.2 Å². The van der Waals surface area contributed by atoms with E-state index in [1.165, 1.54) is 7.11 Å². The molecular formula is C25H31NO4. The lowest BCUT2D eigenvalue weighted by Crippen LogP contribution is -2.23. The zero-order valence-corrected chi connectivity index (χ0v) is 18.1. The Morgan fingerprint density at radius 2 is 1.67 bits per heavy atom. The summed E-state index contributed by atoms with van der Waals surface area (Å²) in [6, 6.07) is 15.8. The maximum atomic E-state index is 13.2. The van der Waals surface area contributed by atoms with Crippen molar-refractivity contribution in [2.45, 2.75) is 52.7 Å². The minimum atomic E-state index is -0.162. The first-order chi connectivity index (χ1) is 14.7. The highest BCUT2D eigenvalue weighted by molar-refractivity contribution is 5.89. The van der Waals surface area contributed by atoms with E-state index in [9.17, 15) is 4.79 Å². The van der Waals surface area contributed by atoms with Crippen molar-refractivity contribution in [1.82, 2.24) is 4.57 Å². The number of aromatic nitrogens is 1. The Hall–Kier alpha value is -2.95. The molecule has 30 heavy (non-hydrogen) atoms. The third-order valence-electron chi connectivity index (χ3n) is 5.08. The third-order valence-corrected chi connectivity index (χ3v) is 5.08. The molecule has 0 N–H and O–H groups in total. The van der Waals surface area contributed by atoms with Gasteiger partial charge in [-0.3, -0.25) is 4.79 Å². The molecule has 0 unspecified atom stereocenters. The number of methoxy groups -OCH3 is 1. The molecule has 0 aliphatic carbocycles. The molecule has 3 aromatic rings. The van der Waals surface area contributed by atoms with Gasteiger partial charge in [-0.1, -0.05) is 57.0 Å². The lowest BCUT2D eigenvalue weighted by atomic mass is 10.1. The van der Waals surface area contributed by atoms with Gasteiger partial charge in [-0.2, -0.15) is 0 Å². The second-order valence-corrected chi connectivity index (χ2v) is 7.33. The van der Waals surface area contributed by atoms with E-state index >= 15 is 0 Å². The van der Waals surface area contributed by atoms with Crippen molar-refractivity contribution >= 4 is 10.9 Å². The number of rotatable bonds is 11. The predicted octanol–water partition coefficient (Wildman–Crippen LogP) is 5.57. The zero-order valence-electron chi connectivity index (χ0n) is 18.1. The first-order valence-electron chi connectivity index (χ1n) is 10.7. The van der Waals surface area contributed by atoms with Crippen molar-refractivity contribution in [1.29, 1.82) is 0 Å². The molecule has 5 heteroatoms. The topological polar surface area (TPSA) is 49.7 Å². The fraction of sp³-hybridized carbons (Fsp3) is 0.400. The molecule has 0 aliphatic heterocycles. The largest absolute Gasteiger partial charge is 0.489 e. The molecule has 1 heterocycles. The summed E-state index contributed by atoms with van der Waals surface area (Å²) >= 11 is 0. The predicted molar refractivity (Wildman–Crippen MR) is 121 cm³/mol. The van der Waals surface area contributed by atoms with Crippen LogP contribution in [0.4, 0.5) is 0 Å². The average Bonchev–Trinajstić information content (AvgIpc) is 2.78. The Morgan fingerprint density at radius 1 is 0.900 bits per heavy atom. The Labute approximate surface area is 178 Å². The molecule has 3 rings (SSSR count). The number of nitrogens with zero attached hydrogens (tertiary/aromatic N) is 1. The molecule has 0 radical (unpaired) electrons. The van der Waals surface area contributed by atoms with Gasteiger partial charge in [-0.05, 0) is 30.5 Å². The lowest BCUT2D eigenvalue weighted by molar-refractivity contribution is 0.288. The van der Waals surface area contributed by atoms with E-state index in [1.54, 1.807) is 4.57 Å². The minimum Gasteiger partial charge on any atom is -0.489 e. The highest BCUT2D eigenvalue weighted by atomic mass is 16.5. The number of ether oxygens (including phenoxy) is 3. The minimum absolute atomic E-state index is 0.162. The molecule has 160 valence electrons. The van der Waals surface area contributed by atoms with Crippen LogP contribution >= 0.6 is 0 Å². The highest BCUT2D eigenvalue weighted by Crippen LogP contribution is 2.35. The number of aryl methyl sites for hydroxylation is 1. The summed E-state index contributed by atoms with van der Waals surface area (Å²) < 4.78 is 19.3. The molecule has 0 amide bonds. The summed E-state index contributed by atoms with van der Waals surface area (Å²) in [7, 11) is 1.52. The summed E-state index contributed by atoms with van der Waals surface area (Å²) in [5.74, 6) is 1.52. The van der Waals surface area contributed by atoms with Gasteiger partial charge in [0.1, 0.15) is 12.4 Å². The van der Waals surface area contributed by atoms with Crippen molar-refractivity contribution in [3.05, 3.63) is 64.4 Å². The fourth-order valence-electron chi connectivity index (χ4n) is 3.39. The van der Waals surface area contributed by atoms with Gasteiger partial charge in [0.25, 0.3) is 5.56 Å². The van der Waals surface area contributed by atoms with Crippen LogP contribution in [0, 0.1) is 0 Å². The molecular weight excluding hydrogens is 378 g/mol. The SMILES string of the molecule is CCCCOc1c(OC)c(=O)n(CCCC)c2cc(OCc3ccccc3)ccc12. The lowest BCUT2D eigenvalue weighted by Gasteiger charge is -2.18. The quantitative estimate of drug-likeness (QED) is 0.389. The first kappa shape index (κ1) is 21.8. The monoisotopic (exact) mass is 409 g/mol. The second kappa shape index (κ2) is 10.7. The number of pyridine rings is 1. The van der Waals surface area contributed by atoms with Gasteiger partial charge in [0.2, 0.25) is 5.75 Å². The van der Waals surface area contributed by atoms with E-state index in [0.29, 0.717) is 25.5 Å². The van der Waals surface area contributed by atoms with E-state index < -0.39 is 0 Å². The van der Waals surface area contributed by atoms with Gasteiger partial charge >= 0.3 is 0 Å². The van der Waals surface area contributed by atoms with Crippen LogP contribution < -0.4 is 19.8 Å². The second-order valence-electron chi connectivity index (χ2n) is 7.33. The van der Waals surface area contributed by atoms with Crippen LogP contribution in [0.2, 0.25) is 0 Å².